The van der Waals surface area contributed by atoms with Gasteiger partial charge in [0.15, 0.2) is 0 Å². The molecule has 0 bridgehead atoms. The number of hydrogen-bond acceptors (Lipinski definition) is 3. The molecule has 1 atom stereocenters. The van der Waals surface area contributed by atoms with Crippen molar-refractivity contribution in [2.75, 3.05) is 6.54 Å². The van der Waals surface area contributed by atoms with Gasteiger partial charge in [-0.1, -0.05) is 18.2 Å². The van der Waals surface area contributed by atoms with Crippen LogP contribution in [-0.2, 0) is 0 Å². The van der Waals surface area contributed by atoms with Gasteiger partial charge in [-0.25, -0.2) is 9.37 Å². The molecule has 1 aromatic heterocycles. The second-order valence-electron chi connectivity index (χ2n) is 4.80. The minimum atomic E-state index is -0.230. The lowest BCUT2D eigenvalue weighted by Crippen LogP contribution is -2.14. The van der Waals surface area contributed by atoms with Gasteiger partial charge in [0, 0.05) is 12.5 Å². The van der Waals surface area contributed by atoms with E-state index >= 15 is 0 Å². The van der Waals surface area contributed by atoms with Crippen molar-refractivity contribution < 1.29 is 4.39 Å². The van der Waals surface area contributed by atoms with E-state index in [0.717, 1.165) is 21.7 Å². The lowest BCUT2D eigenvalue weighted by atomic mass is 9.91. The Bertz CT molecular complexity index is 751. The van der Waals surface area contributed by atoms with Gasteiger partial charge >= 0.3 is 0 Å². The minimum Gasteiger partial charge on any atom is -0.330 e. The van der Waals surface area contributed by atoms with E-state index in [1.54, 1.807) is 23.5 Å². The number of benzene rings is 2. The van der Waals surface area contributed by atoms with E-state index in [2.05, 4.69) is 23.2 Å². The summed E-state index contributed by atoms with van der Waals surface area (Å²) >= 11 is 1.68. The van der Waals surface area contributed by atoms with Crippen molar-refractivity contribution in [1.29, 1.82) is 0 Å². The summed E-state index contributed by atoms with van der Waals surface area (Å²) in [5.41, 5.74) is 8.86. The van der Waals surface area contributed by atoms with Crippen LogP contribution in [0.5, 0.6) is 0 Å². The van der Waals surface area contributed by atoms with Crippen molar-refractivity contribution in [3.63, 3.8) is 0 Å². The number of aromatic nitrogens is 1. The predicted molar refractivity (Wildman–Crippen MR) is 81.7 cm³/mol. The molecular weight excluding hydrogens is 271 g/mol. The van der Waals surface area contributed by atoms with Gasteiger partial charge in [0.05, 0.1) is 15.2 Å². The summed E-state index contributed by atoms with van der Waals surface area (Å²) < 4.78 is 14.6. The molecule has 4 heteroatoms. The molecule has 0 fully saturated rings. The van der Waals surface area contributed by atoms with Crippen LogP contribution in [0.2, 0.25) is 0 Å². The van der Waals surface area contributed by atoms with Crippen molar-refractivity contribution in [3.05, 3.63) is 64.4 Å². The van der Waals surface area contributed by atoms with Crippen LogP contribution < -0.4 is 5.73 Å². The van der Waals surface area contributed by atoms with Crippen LogP contribution >= 0.6 is 11.3 Å². The highest BCUT2D eigenvalue weighted by molar-refractivity contribution is 7.18. The van der Waals surface area contributed by atoms with Gasteiger partial charge in [-0.15, -0.1) is 11.3 Å². The Morgan fingerprint density at radius 1 is 1.20 bits per heavy atom. The molecular formula is C16H15FN2S. The Hall–Kier alpha value is -1.78. The second-order valence-corrected chi connectivity index (χ2v) is 6.04. The van der Waals surface area contributed by atoms with Crippen molar-refractivity contribution in [2.45, 2.75) is 12.8 Å². The first-order valence-corrected chi connectivity index (χ1v) is 7.31. The number of fused-ring (bicyclic) bond motifs is 1. The Labute approximate surface area is 121 Å². The molecule has 2 nitrogen and oxygen atoms in total. The number of nitrogens with two attached hydrogens (primary N) is 1. The highest BCUT2D eigenvalue weighted by Gasteiger charge is 2.14. The van der Waals surface area contributed by atoms with Gasteiger partial charge < -0.3 is 5.73 Å². The molecule has 2 N–H and O–H groups in total. The fourth-order valence-corrected chi connectivity index (χ4v) is 3.27. The third-order valence-electron chi connectivity index (χ3n) is 3.41. The predicted octanol–water partition coefficient (Wildman–Crippen LogP) is 3.83. The average Bonchev–Trinajstić information content (AvgIpc) is 2.79. The summed E-state index contributed by atoms with van der Waals surface area (Å²) in [6.07, 6.45) is 0. The fourth-order valence-electron chi connectivity index (χ4n) is 2.46. The molecule has 0 saturated carbocycles. The molecule has 20 heavy (non-hydrogen) atoms. The number of rotatable bonds is 3. The van der Waals surface area contributed by atoms with Crippen LogP contribution in [0.1, 0.15) is 22.1 Å². The van der Waals surface area contributed by atoms with Crippen LogP contribution in [0.4, 0.5) is 4.39 Å². The molecule has 0 radical (unpaired) electrons. The molecule has 0 saturated heterocycles. The van der Waals surface area contributed by atoms with Gasteiger partial charge in [0.2, 0.25) is 0 Å². The van der Waals surface area contributed by atoms with Crippen LogP contribution in [-0.4, -0.2) is 11.5 Å². The van der Waals surface area contributed by atoms with Crippen molar-refractivity contribution >= 4 is 21.6 Å². The number of thiazole rings is 1. The first-order valence-electron chi connectivity index (χ1n) is 6.50. The highest BCUT2D eigenvalue weighted by Crippen LogP contribution is 2.29. The zero-order chi connectivity index (χ0) is 14.1. The van der Waals surface area contributed by atoms with E-state index in [1.807, 2.05) is 13.0 Å². The third kappa shape index (κ3) is 2.44. The molecule has 0 aliphatic carbocycles. The van der Waals surface area contributed by atoms with Gasteiger partial charge in [-0.05, 0) is 42.3 Å². The molecule has 0 amide bonds. The maximum Gasteiger partial charge on any atom is 0.123 e. The standard InChI is InChI=1S/C16H15FN2S/c1-10-19-15-8-12(5-6-16(15)20-10)14(9-18)11-3-2-4-13(17)7-11/h2-8,14H,9,18H2,1H3/t14-/m1/s1. The molecule has 0 aliphatic rings. The molecule has 0 unspecified atom stereocenters. The lowest BCUT2D eigenvalue weighted by molar-refractivity contribution is 0.623. The van der Waals surface area contributed by atoms with E-state index in [-0.39, 0.29) is 11.7 Å². The minimum absolute atomic E-state index is 0.00268. The van der Waals surface area contributed by atoms with Crippen molar-refractivity contribution in [2.24, 2.45) is 5.73 Å². The van der Waals surface area contributed by atoms with Crippen LogP contribution in [0.15, 0.2) is 42.5 Å². The monoisotopic (exact) mass is 286 g/mol. The number of aryl methyl sites for hydroxylation is 1. The third-order valence-corrected chi connectivity index (χ3v) is 4.36. The summed E-state index contributed by atoms with van der Waals surface area (Å²) in [5, 5.41) is 1.05. The van der Waals surface area contributed by atoms with E-state index < -0.39 is 0 Å². The van der Waals surface area contributed by atoms with E-state index in [9.17, 15) is 4.39 Å². The Morgan fingerprint density at radius 3 is 2.75 bits per heavy atom. The Morgan fingerprint density at radius 2 is 2.00 bits per heavy atom. The van der Waals surface area contributed by atoms with E-state index in [0.29, 0.717) is 6.54 Å². The maximum atomic E-state index is 13.4. The van der Waals surface area contributed by atoms with Crippen molar-refractivity contribution in [1.82, 2.24) is 4.98 Å². The molecule has 3 aromatic rings. The number of hydrogen-bond donors (Lipinski definition) is 1. The highest BCUT2D eigenvalue weighted by atomic mass is 32.1. The Balaban J connectivity index is 2.06. The quantitative estimate of drug-likeness (QED) is 0.794. The van der Waals surface area contributed by atoms with Gasteiger partial charge in [-0.3, -0.25) is 0 Å². The zero-order valence-electron chi connectivity index (χ0n) is 11.1. The first kappa shape index (κ1) is 13.2. The summed E-state index contributed by atoms with van der Waals surface area (Å²) in [6.45, 7) is 2.44. The fraction of sp³-hybridized carbons (Fsp3) is 0.188. The van der Waals surface area contributed by atoms with E-state index in [4.69, 9.17) is 5.73 Å². The normalized spacial score (nSPS) is 12.8. The summed E-state index contributed by atoms with van der Waals surface area (Å²) in [6, 6.07) is 12.8. The first-order chi connectivity index (χ1) is 9.67. The SMILES string of the molecule is Cc1nc2cc([C@H](CN)c3cccc(F)c3)ccc2s1. The van der Waals surface area contributed by atoms with Gasteiger partial charge in [0.1, 0.15) is 5.82 Å². The number of nitrogens with zero attached hydrogens (tertiary/aromatic N) is 1. The average molecular weight is 286 g/mol. The molecule has 2 aromatic carbocycles. The molecule has 0 aliphatic heterocycles. The Kier molecular flexibility index (Phi) is 3.51. The van der Waals surface area contributed by atoms with Gasteiger partial charge in [0.25, 0.3) is 0 Å². The molecule has 3 rings (SSSR count). The van der Waals surface area contributed by atoms with E-state index in [1.165, 1.54) is 10.8 Å². The topological polar surface area (TPSA) is 38.9 Å². The molecule has 1 heterocycles. The second kappa shape index (κ2) is 5.31. The number of halogens is 1. The van der Waals surface area contributed by atoms with Crippen LogP contribution in [0.25, 0.3) is 10.2 Å². The summed E-state index contributed by atoms with van der Waals surface area (Å²) in [4.78, 5) is 4.51. The van der Waals surface area contributed by atoms with Gasteiger partial charge in [-0.2, -0.15) is 0 Å². The van der Waals surface area contributed by atoms with Crippen LogP contribution in [0, 0.1) is 12.7 Å². The smallest absolute Gasteiger partial charge is 0.123 e. The summed E-state index contributed by atoms with van der Waals surface area (Å²) in [7, 11) is 0. The van der Waals surface area contributed by atoms with Crippen molar-refractivity contribution in [3.8, 4) is 0 Å². The lowest BCUT2D eigenvalue weighted by Gasteiger charge is -2.15. The maximum absolute atomic E-state index is 13.4. The molecule has 0 spiro atoms. The van der Waals surface area contributed by atoms with Crippen LogP contribution in [0.3, 0.4) is 0 Å². The largest absolute Gasteiger partial charge is 0.330 e. The summed E-state index contributed by atoms with van der Waals surface area (Å²) in [5.74, 6) is -0.233. The zero-order valence-corrected chi connectivity index (χ0v) is 12.0. The molecule has 102 valence electrons.